The number of hydrogen-bond donors (Lipinski definition) is 0. The van der Waals surface area contributed by atoms with Crippen molar-refractivity contribution in [2.24, 2.45) is 7.05 Å². The molecule has 0 saturated carbocycles. The Bertz CT molecular complexity index is 1390. The minimum absolute atomic E-state index is 0.000334. The van der Waals surface area contributed by atoms with Crippen LogP contribution in [0.25, 0.3) is 5.69 Å². The van der Waals surface area contributed by atoms with E-state index < -0.39 is 35.7 Å². The summed E-state index contributed by atoms with van der Waals surface area (Å²) in [7, 11) is 0.866. The fourth-order valence-electron chi connectivity index (χ4n) is 2.90. The molecule has 1 aromatic carbocycles. The number of benzene rings is 1. The highest BCUT2D eigenvalue weighted by Gasteiger charge is 2.35. The first-order valence-corrected chi connectivity index (χ1v) is 10.5. The number of ether oxygens (including phenoxy) is 3. The summed E-state index contributed by atoms with van der Waals surface area (Å²) in [6.07, 6.45) is -3.56. The summed E-state index contributed by atoms with van der Waals surface area (Å²) in [5.41, 5.74) is -4.26. The van der Waals surface area contributed by atoms with E-state index in [0.29, 0.717) is 4.57 Å². The van der Waals surface area contributed by atoms with E-state index in [1.807, 2.05) is 0 Å². The number of alkyl halides is 3. The molecule has 0 aliphatic carbocycles. The zero-order valence-corrected chi connectivity index (χ0v) is 19.6. The third kappa shape index (κ3) is 5.77. The molecule has 35 heavy (non-hydrogen) atoms. The van der Waals surface area contributed by atoms with Gasteiger partial charge in [0.15, 0.2) is 12.4 Å². The van der Waals surface area contributed by atoms with Crippen LogP contribution in [0.1, 0.15) is 12.6 Å². The van der Waals surface area contributed by atoms with Crippen molar-refractivity contribution in [3.63, 3.8) is 0 Å². The first-order valence-electron chi connectivity index (χ1n) is 9.75. The van der Waals surface area contributed by atoms with E-state index >= 15 is 0 Å². The predicted molar refractivity (Wildman–Crippen MR) is 119 cm³/mol. The SMILES string of the molecule is CCOC(=O)COc1ncccc1Oc1cc(-n2c(=O)cc(C(F)(F)F)n(C)c2=O)c(Cl)cc1Cl. The topological polar surface area (TPSA) is 102 Å². The molecule has 0 aliphatic rings. The van der Waals surface area contributed by atoms with Crippen molar-refractivity contribution in [3.05, 3.63) is 73.1 Å². The number of hydrogen-bond acceptors (Lipinski definition) is 7. The van der Waals surface area contributed by atoms with Crippen molar-refractivity contribution in [1.82, 2.24) is 14.1 Å². The van der Waals surface area contributed by atoms with Gasteiger partial charge in [-0.2, -0.15) is 13.2 Å². The summed E-state index contributed by atoms with van der Waals surface area (Å²) in [6.45, 7) is 1.32. The number of aromatic nitrogens is 3. The molecule has 0 radical (unpaired) electrons. The second-order valence-corrected chi connectivity index (χ2v) is 7.59. The molecule has 0 saturated heterocycles. The Hall–Kier alpha value is -3.51. The van der Waals surface area contributed by atoms with Crippen LogP contribution < -0.4 is 20.7 Å². The summed E-state index contributed by atoms with van der Waals surface area (Å²) < 4.78 is 56.0. The second kappa shape index (κ2) is 10.4. The molecule has 3 rings (SSSR count). The third-order valence-corrected chi connectivity index (χ3v) is 5.04. The fraction of sp³-hybridized carbons (Fsp3) is 0.238. The predicted octanol–water partition coefficient (Wildman–Crippen LogP) is 3.99. The summed E-state index contributed by atoms with van der Waals surface area (Å²) in [5.74, 6) is -0.877. The van der Waals surface area contributed by atoms with Gasteiger partial charge in [0, 0.05) is 25.4 Å². The van der Waals surface area contributed by atoms with E-state index in [2.05, 4.69) is 4.98 Å². The maximum atomic E-state index is 13.2. The third-order valence-electron chi connectivity index (χ3n) is 4.44. The van der Waals surface area contributed by atoms with Gasteiger partial charge in [-0.1, -0.05) is 23.2 Å². The Kier molecular flexibility index (Phi) is 7.76. The van der Waals surface area contributed by atoms with Crippen LogP contribution in [-0.4, -0.2) is 33.3 Å². The molecular weight excluding hydrogens is 518 g/mol. The number of esters is 1. The van der Waals surface area contributed by atoms with Gasteiger partial charge in [-0.3, -0.25) is 9.36 Å². The molecule has 3 aromatic rings. The van der Waals surface area contributed by atoms with E-state index in [0.717, 1.165) is 19.2 Å². The molecule has 14 heteroatoms. The lowest BCUT2D eigenvalue weighted by Gasteiger charge is -2.16. The average molecular weight is 534 g/mol. The monoisotopic (exact) mass is 533 g/mol. The molecule has 2 aromatic heterocycles. The lowest BCUT2D eigenvalue weighted by atomic mass is 10.2. The molecule has 0 atom stereocenters. The lowest BCUT2D eigenvalue weighted by molar-refractivity contribution is -0.145. The minimum Gasteiger partial charge on any atom is -0.463 e. The molecule has 0 spiro atoms. The quantitative estimate of drug-likeness (QED) is 0.423. The number of pyridine rings is 1. The zero-order valence-electron chi connectivity index (χ0n) is 18.1. The van der Waals surface area contributed by atoms with Crippen LogP contribution in [0.5, 0.6) is 17.4 Å². The van der Waals surface area contributed by atoms with Crippen LogP contribution in [0.4, 0.5) is 13.2 Å². The maximum Gasteiger partial charge on any atom is 0.431 e. The van der Waals surface area contributed by atoms with Gasteiger partial charge >= 0.3 is 17.8 Å². The van der Waals surface area contributed by atoms with E-state index in [-0.39, 0.29) is 50.4 Å². The molecule has 0 aliphatic heterocycles. The summed E-state index contributed by atoms with van der Waals surface area (Å²) in [6, 6.07) is 5.44. The maximum absolute atomic E-state index is 13.2. The highest BCUT2D eigenvalue weighted by atomic mass is 35.5. The summed E-state index contributed by atoms with van der Waals surface area (Å²) in [5, 5.41) is -0.262. The van der Waals surface area contributed by atoms with Crippen LogP contribution in [0.3, 0.4) is 0 Å². The fourth-order valence-corrected chi connectivity index (χ4v) is 3.40. The Morgan fingerprint density at radius 2 is 1.83 bits per heavy atom. The van der Waals surface area contributed by atoms with Gasteiger partial charge in [0.1, 0.15) is 11.4 Å². The van der Waals surface area contributed by atoms with Crippen LogP contribution in [0.2, 0.25) is 10.0 Å². The average Bonchev–Trinajstić information content (AvgIpc) is 2.78. The zero-order chi connectivity index (χ0) is 25.9. The molecule has 0 amide bonds. The smallest absolute Gasteiger partial charge is 0.431 e. The summed E-state index contributed by atoms with van der Waals surface area (Å²) in [4.78, 5) is 40.6. The normalized spacial score (nSPS) is 11.3. The molecule has 0 N–H and O–H groups in total. The van der Waals surface area contributed by atoms with E-state index in [4.69, 9.17) is 37.4 Å². The molecule has 186 valence electrons. The van der Waals surface area contributed by atoms with Gasteiger partial charge in [0.2, 0.25) is 0 Å². The molecule has 0 fully saturated rings. The van der Waals surface area contributed by atoms with Gasteiger partial charge in [0.25, 0.3) is 11.4 Å². The summed E-state index contributed by atoms with van der Waals surface area (Å²) >= 11 is 12.3. The Labute approximate surface area is 205 Å². The minimum atomic E-state index is -4.93. The van der Waals surface area contributed by atoms with Gasteiger partial charge in [-0.25, -0.2) is 19.1 Å². The van der Waals surface area contributed by atoms with Crippen molar-refractivity contribution in [2.75, 3.05) is 13.2 Å². The second-order valence-electron chi connectivity index (χ2n) is 6.78. The number of carbonyl (C=O) groups excluding carboxylic acids is 1. The number of rotatable bonds is 7. The van der Waals surface area contributed by atoms with Crippen LogP contribution in [0.15, 0.2) is 46.1 Å². The van der Waals surface area contributed by atoms with Crippen LogP contribution in [-0.2, 0) is 22.8 Å². The molecular formula is C21H16Cl2F3N3O6. The van der Waals surface area contributed by atoms with Gasteiger partial charge < -0.3 is 14.2 Å². The Morgan fingerprint density at radius 3 is 2.49 bits per heavy atom. The molecule has 0 unspecified atom stereocenters. The van der Waals surface area contributed by atoms with Crippen molar-refractivity contribution in [2.45, 2.75) is 13.1 Å². The highest BCUT2D eigenvalue weighted by molar-refractivity contribution is 6.36. The van der Waals surface area contributed by atoms with E-state index in [1.165, 1.54) is 18.3 Å². The Morgan fingerprint density at radius 1 is 1.11 bits per heavy atom. The molecule has 9 nitrogen and oxygen atoms in total. The van der Waals surface area contributed by atoms with Crippen LogP contribution in [0, 0.1) is 0 Å². The van der Waals surface area contributed by atoms with Crippen molar-refractivity contribution >= 4 is 29.2 Å². The van der Waals surface area contributed by atoms with Crippen molar-refractivity contribution < 1.29 is 32.2 Å². The largest absolute Gasteiger partial charge is 0.463 e. The van der Waals surface area contributed by atoms with Gasteiger partial charge in [-0.05, 0) is 25.1 Å². The molecule has 2 heterocycles. The first kappa shape index (κ1) is 26.1. The number of halogens is 5. The first-order chi connectivity index (χ1) is 16.4. The van der Waals surface area contributed by atoms with Crippen LogP contribution >= 0.6 is 23.2 Å². The van der Waals surface area contributed by atoms with E-state index in [1.54, 1.807) is 6.92 Å². The number of nitrogens with zero attached hydrogens (tertiary/aromatic N) is 3. The van der Waals surface area contributed by atoms with E-state index in [9.17, 15) is 27.6 Å². The lowest BCUT2D eigenvalue weighted by Crippen LogP contribution is -2.40. The van der Waals surface area contributed by atoms with Gasteiger partial charge in [-0.15, -0.1) is 0 Å². The Balaban J connectivity index is 2.05. The number of carbonyl (C=O) groups is 1. The van der Waals surface area contributed by atoms with Crippen molar-refractivity contribution in [3.8, 4) is 23.1 Å². The molecule has 0 bridgehead atoms. The standard InChI is InChI=1S/C21H16Cl2F3N3O6/c1-3-33-18(31)10-34-19-14(5-4-6-27-19)35-15-8-13(11(22)7-12(15)23)29-17(30)9-16(21(24,25)26)28(2)20(29)32/h4-9H,3,10H2,1-2H3. The highest BCUT2D eigenvalue weighted by Crippen LogP contribution is 2.37. The van der Waals surface area contributed by atoms with Crippen molar-refractivity contribution in [1.29, 1.82) is 0 Å². The van der Waals surface area contributed by atoms with Gasteiger partial charge in [0.05, 0.1) is 22.3 Å².